The highest BCUT2D eigenvalue weighted by molar-refractivity contribution is 7.89. The first-order valence-electron chi connectivity index (χ1n) is 6.49. The van der Waals surface area contributed by atoms with Crippen LogP contribution in [0.1, 0.15) is 52.9 Å². The lowest BCUT2D eigenvalue weighted by Crippen LogP contribution is -2.32. The van der Waals surface area contributed by atoms with Crippen molar-refractivity contribution in [1.29, 1.82) is 0 Å². The fourth-order valence-electron chi connectivity index (χ4n) is 2.05. The number of esters is 1. The number of sulfonamides is 1. The number of ether oxygens (including phenoxy) is 1. The number of carbonyl (C=O) groups excluding carboxylic acids is 1. The zero-order chi connectivity index (χ0) is 14.2. The normalized spacial score (nSPS) is 12.4. The molecule has 0 bridgehead atoms. The van der Waals surface area contributed by atoms with E-state index >= 15 is 0 Å². The lowest BCUT2D eigenvalue weighted by Gasteiger charge is -2.29. The number of hydrogen-bond donors (Lipinski definition) is 1. The van der Waals surface area contributed by atoms with E-state index in [-0.39, 0.29) is 11.7 Å². The van der Waals surface area contributed by atoms with Gasteiger partial charge in [-0.1, -0.05) is 20.3 Å². The van der Waals surface area contributed by atoms with Crippen molar-refractivity contribution in [2.24, 2.45) is 10.6 Å². The summed E-state index contributed by atoms with van der Waals surface area (Å²) >= 11 is 0. The van der Waals surface area contributed by atoms with Gasteiger partial charge in [0.15, 0.2) is 0 Å². The number of carbonyl (C=O) groups is 1. The van der Waals surface area contributed by atoms with Crippen molar-refractivity contribution in [2.45, 2.75) is 52.9 Å². The molecule has 0 rings (SSSR count). The van der Waals surface area contributed by atoms with Crippen molar-refractivity contribution in [3.05, 3.63) is 0 Å². The second-order valence-corrected chi connectivity index (χ2v) is 6.27. The summed E-state index contributed by atoms with van der Waals surface area (Å²) in [5.41, 5.74) is -0.478. The van der Waals surface area contributed by atoms with Crippen LogP contribution >= 0.6 is 0 Å². The highest BCUT2D eigenvalue weighted by atomic mass is 32.2. The van der Waals surface area contributed by atoms with E-state index in [0.29, 0.717) is 38.7 Å². The zero-order valence-electron chi connectivity index (χ0n) is 11.6. The topological polar surface area (TPSA) is 86.5 Å². The molecule has 5 nitrogen and oxygen atoms in total. The second kappa shape index (κ2) is 7.74. The van der Waals surface area contributed by atoms with Crippen LogP contribution in [0.2, 0.25) is 0 Å². The van der Waals surface area contributed by atoms with Gasteiger partial charge in [-0.2, -0.15) is 0 Å². The summed E-state index contributed by atoms with van der Waals surface area (Å²) in [5.74, 6) is -0.204. The molecular formula is C12H25NO4S. The van der Waals surface area contributed by atoms with Crippen LogP contribution in [0.25, 0.3) is 0 Å². The number of nitrogens with two attached hydrogens (primary N) is 1. The summed E-state index contributed by atoms with van der Waals surface area (Å²) < 4.78 is 26.7. The van der Waals surface area contributed by atoms with Crippen molar-refractivity contribution < 1.29 is 17.9 Å². The van der Waals surface area contributed by atoms with E-state index in [1.54, 1.807) is 6.92 Å². The Morgan fingerprint density at radius 2 is 1.72 bits per heavy atom. The maximum Gasteiger partial charge on any atom is 0.312 e. The molecule has 0 spiro atoms. The quantitative estimate of drug-likeness (QED) is 0.515. The highest BCUT2D eigenvalue weighted by Gasteiger charge is 2.35. The smallest absolute Gasteiger partial charge is 0.312 e. The van der Waals surface area contributed by atoms with Crippen LogP contribution in [0.15, 0.2) is 0 Å². The van der Waals surface area contributed by atoms with Crippen LogP contribution in [0.3, 0.4) is 0 Å². The summed E-state index contributed by atoms with van der Waals surface area (Å²) in [5, 5.41) is 4.94. The lowest BCUT2D eigenvalue weighted by atomic mass is 9.78. The first-order valence-corrected chi connectivity index (χ1v) is 8.20. The number of primary sulfonamides is 1. The van der Waals surface area contributed by atoms with Gasteiger partial charge in [0.2, 0.25) is 10.0 Å². The van der Waals surface area contributed by atoms with E-state index in [1.165, 1.54) is 0 Å². The maximum absolute atomic E-state index is 12.0. The van der Waals surface area contributed by atoms with Crippen LogP contribution in [0.5, 0.6) is 0 Å². The zero-order valence-corrected chi connectivity index (χ0v) is 12.4. The molecule has 6 heteroatoms. The Labute approximate surface area is 110 Å². The predicted octanol–water partition coefficient (Wildman–Crippen LogP) is 1.81. The molecule has 0 aliphatic rings. The van der Waals surface area contributed by atoms with Gasteiger partial charge in [-0.3, -0.25) is 4.79 Å². The Hall–Kier alpha value is -0.620. The minimum Gasteiger partial charge on any atom is -0.466 e. The molecule has 0 aliphatic carbocycles. The van der Waals surface area contributed by atoms with Crippen LogP contribution in [0, 0.1) is 5.41 Å². The van der Waals surface area contributed by atoms with Crippen LogP contribution in [0.4, 0.5) is 0 Å². The van der Waals surface area contributed by atoms with E-state index in [0.717, 1.165) is 0 Å². The molecular weight excluding hydrogens is 254 g/mol. The van der Waals surface area contributed by atoms with E-state index in [4.69, 9.17) is 9.88 Å². The first kappa shape index (κ1) is 17.4. The molecule has 0 aromatic rings. The van der Waals surface area contributed by atoms with E-state index in [1.807, 2.05) is 13.8 Å². The Morgan fingerprint density at radius 1 is 1.17 bits per heavy atom. The minimum absolute atomic E-state index is 0.0284. The Balaban J connectivity index is 4.40. The van der Waals surface area contributed by atoms with Gasteiger partial charge in [-0.25, -0.2) is 13.6 Å². The SMILES string of the molecule is CCOC(=O)C(CC)(CC)CCCCS(N)(=O)=O. The standard InChI is InChI=1S/C12H25NO4S/c1-4-12(5-2,11(14)17-6-3)9-7-8-10-18(13,15)16/h4-10H2,1-3H3,(H2,13,15,16). The van der Waals surface area contributed by atoms with Gasteiger partial charge < -0.3 is 4.74 Å². The molecule has 0 amide bonds. The van der Waals surface area contributed by atoms with Crippen molar-refractivity contribution in [1.82, 2.24) is 0 Å². The molecule has 0 aliphatic heterocycles. The van der Waals surface area contributed by atoms with Gasteiger partial charge in [0.25, 0.3) is 0 Å². The maximum atomic E-state index is 12.0. The Kier molecular flexibility index (Phi) is 7.47. The molecule has 18 heavy (non-hydrogen) atoms. The van der Waals surface area contributed by atoms with Gasteiger partial charge in [-0.15, -0.1) is 0 Å². The third-order valence-corrected chi connectivity index (χ3v) is 4.25. The van der Waals surface area contributed by atoms with Crippen molar-refractivity contribution in [2.75, 3.05) is 12.4 Å². The molecule has 0 radical (unpaired) electrons. The molecule has 0 saturated heterocycles. The average Bonchev–Trinajstić information content (AvgIpc) is 2.29. The third kappa shape index (κ3) is 5.82. The Bertz CT molecular complexity index is 347. The van der Waals surface area contributed by atoms with Gasteiger partial charge in [-0.05, 0) is 32.6 Å². The van der Waals surface area contributed by atoms with Crippen LogP contribution in [-0.4, -0.2) is 26.7 Å². The fraction of sp³-hybridized carbons (Fsp3) is 0.917. The summed E-state index contributed by atoms with van der Waals surface area (Å²) in [7, 11) is -3.40. The van der Waals surface area contributed by atoms with E-state index in [2.05, 4.69) is 0 Å². The Morgan fingerprint density at radius 3 is 2.11 bits per heavy atom. The average molecular weight is 279 g/mol. The minimum atomic E-state index is -3.40. The van der Waals surface area contributed by atoms with Crippen molar-refractivity contribution in [3.8, 4) is 0 Å². The molecule has 0 aromatic heterocycles. The molecule has 0 heterocycles. The highest BCUT2D eigenvalue weighted by Crippen LogP contribution is 2.34. The summed E-state index contributed by atoms with van der Waals surface area (Å²) in [6.07, 6.45) is 3.21. The first-order chi connectivity index (χ1) is 8.31. The van der Waals surface area contributed by atoms with Gasteiger partial charge in [0, 0.05) is 0 Å². The molecule has 0 unspecified atom stereocenters. The number of rotatable bonds is 9. The van der Waals surface area contributed by atoms with Gasteiger partial charge in [0.1, 0.15) is 0 Å². The number of hydrogen-bond acceptors (Lipinski definition) is 4. The fourth-order valence-corrected chi connectivity index (χ4v) is 2.65. The third-order valence-electron chi connectivity index (χ3n) is 3.40. The molecule has 0 fully saturated rings. The molecule has 0 atom stereocenters. The molecule has 2 N–H and O–H groups in total. The number of unbranched alkanes of at least 4 members (excludes halogenated alkanes) is 1. The van der Waals surface area contributed by atoms with Gasteiger partial charge in [0.05, 0.1) is 17.8 Å². The second-order valence-electron chi connectivity index (χ2n) is 4.53. The largest absolute Gasteiger partial charge is 0.466 e. The van der Waals surface area contributed by atoms with E-state index in [9.17, 15) is 13.2 Å². The van der Waals surface area contributed by atoms with Gasteiger partial charge >= 0.3 is 5.97 Å². The van der Waals surface area contributed by atoms with E-state index < -0.39 is 15.4 Å². The summed E-state index contributed by atoms with van der Waals surface area (Å²) in [4.78, 5) is 12.0. The van der Waals surface area contributed by atoms with Crippen LogP contribution in [-0.2, 0) is 19.6 Å². The van der Waals surface area contributed by atoms with Crippen molar-refractivity contribution in [3.63, 3.8) is 0 Å². The van der Waals surface area contributed by atoms with Crippen molar-refractivity contribution >= 4 is 16.0 Å². The molecule has 0 saturated carbocycles. The lowest BCUT2D eigenvalue weighted by molar-refractivity contribution is -0.156. The molecule has 108 valence electrons. The summed E-state index contributed by atoms with van der Waals surface area (Å²) in [6.45, 7) is 6.08. The summed E-state index contributed by atoms with van der Waals surface area (Å²) in [6, 6.07) is 0. The van der Waals surface area contributed by atoms with Crippen LogP contribution < -0.4 is 5.14 Å². The monoisotopic (exact) mass is 279 g/mol. The molecule has 0 aromatic carbocycles. The predicted molar refractivity (Wildman–Crippen MR) is 71.5 cm³/mol.